The highest BCUT2D eigenvalue weighted by Gasteiger charge is 1.95. The van der Waals surface area contributed by atoms with Gasteiger partial charge in [0.15, 0.2) is 0 Å². The number of nitrogens with two attached hydrogens (primary N) is 1. The molecule has 0 fully saturated rings. The Labute approximate surface area is 66.0 Å². The largest absolute Gasteiger partial charge is 0.369 e. The fraction of sp³-hybridized carbons (Fsp3) is 0.222. The van der Waals surface area contributed by atoms with Crippen molar-refractivity contribution in [2.45, 2.75) is 13.3 Å². The zero-order valence-electron chi connectivity index (χ0n) is 6.50. The Morgan fingerprint density at radius 3 is 2.36 bits per heavy atom. The van der Waals surface area contributed by atoms with Crippen molar-refractivity contribution in [2.75, 3.05) is 0 Å². The maximum absolute atomic E-state index is 10.5. The summed E-state index contributed by atoms with van der Waals surface area (Å²) in [7, 11) is 0. The van der Waals surface area contributed by atoms with E-state index in [0.717, 1.165) is 5.56 Å². The Kier molecular flexibility index (Phi) is 2.26. The Hall–Kier alpha value is -1.31. The summed E-state index contributed by atoms with van der Waals surface area (Å²) in [5.41, 5.74) is 7.19. The van der Waals surface area contributed by atoms with E-state index in [4.69, 9.17) is 5.73 Å². The van der Waals surface area contributed by atoms with Crippen molar-refractivity contribution >= 4 is 5.91 Å². The van der Waals surface area contributed by atoms with Crippen LogP contribution in [0, 0.1) is 6.92 Å². The second-order valence-corrected chi connectivity index (χ2v) is 2.63. The highest BCUT2D eigenvalue weighted by atomic mass is 16.1. The van der Waals surface area contributed by atoms with Crippen molar-refractivity contribution in [3.8, 4) is 0 Å². The van der Waals surface area contributed by atoms with Crippen LogP contribution in [0.1, 0.15) is 11.1 Å². The summed E-state index contributed by atoms with van der Waals surface area (Å²) in [6.07, 6.45) is 0.334. The van der Waals surface area contributed by atoms with Crippen LogP contribution in [0.3, 0.4) is 0 Å². The molecule has 0 aromatic heterocycles. The lowest BCUT2D eigenvalue weighted by atomic mass is 10.1. The minimum absolute atomic E-state index is 0.283. The minimum Gasteiger partial charge on any atom is -0.369 e. The van der Waals surface area contributed by atoms with E-state index in [1.165, 1.54) is 5.56 Å². The number of primary amides is 1. The number of hydrogen-bond donors (Lipinski definition) is 1. The molecular weight excluding hydrogens is 138 g/mol. The van der Waals surface area contributed by atoms with Crippen molar-refractivity contribution in [1.82, 2.24) is 0 Å². The average Bonchev–Trinajstić information content (AvgIpc) is 1.93. The number of rotatable bonds is 2. The third-order valence-corrected chi connectivity index (χ3v) is 1.50. The Balaban J connectivity index is 2.74. The molecule has 2 heteroatoms. The first kappa shape index (κ1) is 7.79. The molecule has 1 aromatic rings. The summed E-state index contributed by atoms with van der Waals surface area (Å²) in [6.45, 7) is 2.01. The molecule has 0 aliphatic heterocycles. The molecular formula is C9H11NO. The third kappa shape index (κ3) is 2.42. The maximum atomic E-state index is 10.5. The van der Waals surface area contributed by atoms with E-state index >= 15 is 0 Å². The highest BCUT2D eigenvalue weighted by Crippen LogP contribution is 2.02. The quantitative estimate of drug-likeness (QED) is 0.670. The Bertz CT molecular complexity index is 251. The van der Waals surface area contributed by atoms with E-state index in [2.05, 4.69) is 0 Å². The predicted octanol–water partition coefficient (Wildman–Crippen LogP) is 1.02. The molecule has 11 heavy (non-hydrogen) atoms. The smallest absolute Gasteiger partial charge is 0.221 e. The molecule has 58 valence electrons. The van der Waals surface area contributed by atoms with Crippen LogP contribution in [0.2, 0.25) is 0 Å². The van der Waals surface area contributed by atoms with Crippen LogP contribution in [-0.4, -0.2) is 5.91 Å². The summed E-state index contributed by atoms with van der Waals surface area (Å²) in [5, 5.41) is 0. The van der Waals surface area contributed by atoms with Crippen LogP contribution in [0.15, 0.2) is 24.3 Å². The van der Waals surface area contributed by atoms with Crippen LogP contribution >= 0.6 is 0 Å². The average molecular weight is 149 g/mol. The molecule has 0 aliphatic carbocycles. The molecule has 1 amide bonds. The fourth-order valence-electron chi connectivity index (χ4n) is 0.907. The number of hydrogen-bond acceptors (Lipinski definition) is 1. The van der Waals surface area contributed by atoms with Gasteiger partial charge in [-0.3, -0.25) is 4.79 Å². The van der Waals surface area contributed by atoms with E-state index in [0.29, 0.717) is 6.42 Å². The molecule has 0 aliphatic rings. The standard InChI is InChI=1S/C9H11NO/c1-7-2-4-8(5-3-7)6-9(10)11/h2-5H,6H2,1H3,(H2,10,11). The van der Waals surface area contributed by atoms with Crippen molar-refractivity contribution in [3.05, 3.63) is 35.4 Å². The van der Waals surface area contributed by atoms with Crippen molar-refractivity contribution in [1.29, 1.82) is 0 Å². The number of benzene rings is 1. The summed E-state index contributed by atoms with van der Waals surface area (Å²) in [5.74, 6) is -0.283. The highest BCUT2D eigenvalue weighted by molar-refractivity contribution is 5.76. The topological polar surface area (TPSA) is 43.1 Å². The zero-order valence-corrected chi connectivity index (χ0v) is 6.50. The van der Waals surface area contributed by atoms with Crippen LogP contribution in [-0.2, 0) is 11.2 Å². The van der Waals surface area contributed by atoms with Gasteiger partial charge in [-0.05, 0) is 12.5 Å². The van der Waals surface area contributed by atoms with Gasteiger partial charge in [0.1, 0.15) is 0 Å². The molecule has 0 unspecified atom stereocenters. The van der Waals surface area contributed by atoms with Gasteiger partial charge in [-0.25, -0.2) is 0 Å². The van der Waals surface area contributed by atoms with E-state index in [-0.39, 0.29) is 5.91 Å². The van der Waals surface area contributed by atoms with Crippen molar-refractivity contribution in [3.63, 3.8) is 0 Å². The molecule has 0 spiro atoms. The lowest BCUT2D eigenvalue weighted by Gasteiger charge is -1.96. The van der Waals surface area contributed by atoms with E-state index in [1.807, 2.05) is 31.2 Å². The molecule has 0 atom stereocenters. The van der Waals surface area contributed by atoms with Gasteiger partial charge >= 0.3 is 0 Å². The maximum Gasteiger partial charge on any atom is 0.221 e. The Morgan fingerprint density at radius 2 is 1.91 bits per heavy atom. The van der Waals surface area contributed by atoms with Gasteiger partial charge in [-0.15, -0.1) is 0 Å². The summed E-state index contributed by atoms with van der Waals surface area (Å²) in [6, 6.07) is 7.77. The second-order valence-electron chi connectivity index (χ2n) is 2.63. The number of carbonyl (C=O) groups is 1. The SMILES string of the molecule is Cc1ccc(CC(N)=O)cc1. The summed E-state index contributed by atoms with van der Waals surface area (Å²) >= 11 is 0. The predicted molar refractivity (Wildman–Crippen MR) is 44.1 cm³/mol. The van der Waals surface area contributed by atoms with Crippen LogP contribution in [0.25, 0.3) is 0 Å². The first-order valence-electron chi connectivity index (χ1n) is 3.52. The number of aryl methyl sites for hydroxylation is 1. The van der Waals surface area contributed by atoms with Gasteiger partial charge in [0.05, 0.1) is 6.42 Å². The fourth-order valence-corrected chi connectivity index (χ4v) is 0.907. The third-order valence-electron chi connectivity index (χ3n) is 1.50. The first-order chi connectivity index (χ1) is 5.18. The van der Waals surface area contributed by atoms with Gasteiger partial charge < -0.3 is 5.73 Å². The monoisotopic (exact) mass is 149 g/mol. The number of carbonyl (C=O) groups excluding carboxylic acids is 1. The molecule has 0 bridgehead atoms. The van der Waals surface area contributed by atoms with Crippen LogP contribution in [0.4, 0.5) is 0 Å². The van der Waals surface area contributed by atoms with E-state index in [1.54, 1.807) is 0 Å². The van der Waals surface area contributed by atoms with Gasteiger partial charge in [-0.1, -0.05) is 29.8 Å². The van der Waals surface area contributed by atoms with Crippen LogP contribution in [0.5, 0.6) is 0 Å². The van der Waals surface area contributed by atoms with Gasteiger partial charge in [-0.2, -0.15) is 0 Å². The molecule has 0 heterocycles. The molecule has 2 nitrogen and oxygen atoms in total. The zero-order chi connectivity index (χ0) is 8.27. The molecule has 0 radical (unpaired) electrons. The molecule has 0 saturated carbocycles. The van der Waals surface area contributed by atoms with Gasteiger partial charge in [0.25, 0.3) is 0 Å². The second kappa shape index (κ2) is 3.19. The Morgan fingerprint density at radius 1 is 1.36 bits per heavy atom. The lowest BCUT2D eigenvalue weighted by Crippen LogP contribution is -2.13. The van der Waals surface area contributed by atoms with Gasteiger partial charge in [0, 0.05) is 0 Å². The lowest BCUT2D eigenvalue weighted by molar-refractivity contribution is -0.117. The van der Waals surface area contributed by atoms with E-state index < -0.39 is 0 Å². The summed E-state index contributed by atoms with van der Waals surface area (Å²) in [4.78, 5) is 10.5. The van der Waals surface area contributed by atoms with E-state index in [9.17, 15) is 4.79 Å². The minimum atomic E-state index is -0.283. The van der Waals surface area contributed by atoms with Crippen molar-refractivity contribution < 1.29 is 4.79 Å². The van der Waals surface area contributed by atoms with Crippen LogP contribution < -0.4 is 5.73 Å². The molecule has 0 saturated heterocycles. The normalized spacial score (nSPS) is 9.55. The molecule has 1 aromatic carbocycles. The van der Waals surface area contributed by atoms with Crippen molar-refractivity contribution in [2.24, 2.45) is 5.73 Å². The molecule has 1 rings (SSSR count). The molecule has 2 N–H and O–H groups in total. The number of amides is 1. The summed E-state index contributed by atoms with van der Waals surface area (Å²) < 4.78 is 0. The van der Waals surface area contributed by atoms with Gasteiger partial charge in [0.2, 0.25) is 5.91 Å². The first-order valence-corrected chi connectivity index (χ1v) is 3.52.